The van der Waals surface area contributed by atoms with E-state index in [2.05, 4.69) is 182 Å². The van der Waals surface area contributed by atoms with E-state index in [1.807, 2.05) is 41.3 Å². The van der Waals surface area contributed by atoms with Crippen molar-refractivity contribution in [3.63, 3.8) is 0 Å². The maximum atomic E-state index is 15.0. The minimum absolute atomic E-state index is 0.335. The molecule has 4 aliphatic carbocycles. The molecule has 0 heterocycles. The lowest BCUT2D eigenvalue weighted by Gasteiger charge is -2.44. The van der Waals surface area contributed by atoms with E-state index in [0.717, 1.165) is 135 Å². The zero-order valence-electron chi connectivity index (χ0n) is 46.9. The van der Waals surface area contributed by atoms with E-state index in [1.54, 1.807) is 12.1 Å². The van der Waals surface area contributed by atoms with Crippen LogP contribution in [0.15, 0.2) is 240 Å². The number of hydrogen-bond acceptors (Lipinski definition) is 2. The average Bonchev–Trinajstić information content (AvgIpc) is 1.52. The predicted molar refractivity (Wildman–Crippen MR) is 325 cm³/mol. The monoisotopic (exact) mass is 1090 g/mol. The molecule has 0 aromatic heterocycles. The SMILES string of the molecule is Cc1cccc(C)c1-c1ccc(N(C2=C3C=CC4=C5C(=CC=C(C=C2)C35)C(N(c2cccc(C(F)(F)F)c2)c2ccc(-c3c(C)cccc3C)cc2-c2c(C)cccc2C)C=C4)c2cccc(C(F)(F)F)c2)c(-c2c(C)cccc2C)c1. The molecule has 0 spiro atoms. The van der Waals surface area contributed by atoms with E-state index in [9.17, 15) is 26.3 Å². The van der Waals surface area contributed by atoms with Gasteiger partial charge in [-0.3, -0.25) is 0 Å². The zero-order chi connectivity index (χ0) is 57.5. The average molecular weight is 1090 g/mol. The molecule has 8 heteroatoms. The third kappa shape index (κ3) is 9.38. The molecule has 12 rings (SSSR count). The van der Waals surface area contributed by atoms with Gasteiger partial charge in [-0.25, -0.2) is 0 Å². The van der Waals surface area contributed by atoms with Crippen LogP contribution in [0.5, 0.6) is 0 Å². The van der Waals surface area contributed by atoms with Crippen LogP contribution in [-0.2, 0) is 12.4 Å². The van der Waals surface area contributed by atoms with Crippen LogP contribution in [0.2, 0.25) is 0 Å². The summed E-state index contributed by atoms with van der Waals surface area (Å²) in [5.41, 5.74) is 22.4. The molecule has 82 heavy (non-hydrogen) atoms. The number of allylic oxidation sites excluding steroid dienone is 10. The molecule has 0 amide bonds. The lowest BCUT2D eigenvalue weighted by atomic mass is 9.67. The minimum Gasteiger partial charge on any atom is -0.330 e. The predicted octanol–water partition coefficient (Wildman–Crippen LogP) is 20.9. The topological polar surface area (TPSA) is 6.48 Å². The molecule has 0 aliphatic heterocycles. The van der Waals surface area contributed by atoms with Crippen LogP contribution in [0, 0.1) is 61.3 Å². The van der Waals surface area contributed by atoms with E-state index in [0.29, 0.717) is 22.8 Å². The van der Waals surface area contributed by atoms with Gasteiger partial charge < -0.3 is 9.80 Å². The Hall–Kier alpha value is -8.88. The van der Waals surface area contributed by atoms with Crippen LogP contribution >= 0.6 is 0 Å². The van der Waals surface area contributed by atoms with Crippen LogP contribution in [0.25, 0.3) is 44.5 Å². The molecular formula is C74H60F6N2. The molecule has 0 N–H and O–H groups in total. The summed E-state index contributed by atoms with van der Waals surface area (Å²) >= 11 is 0. The van der Waals surface area contributed by atoms with Gasteiger partial charge in [-0.1, -0.05) is 140 Å². The lowest BCUT2D eigenvalue weighted by molar-refractivity contribution is -0.138. The first-order valence-electron chi connectivity index (χ1n) is 27.7. The number of benzene rings is 8. The summed E-state index contributed by atoms with van der Waals surface area (Å²) in [6.07, 6.45) is 7.34. The lowest BCUT2D eigenvalue weighted by Crippen LogP contribution is -2.37. The molecule has 4 aliphatic rings. The number of hydrogen-bond donors (Lipinski definition) is 0. The first-order chi connectivity index (χ1) is 39.3. The third-order valence-electron chi connectivity index (χ3n) is 16.9. The Bertz CT molecular complexity index is 4110. The maximum absolute atomic E-state index is 15.0. The quantitative estimate of drug-likeness (QED) is 0.126. The standard InChI is InChI=1S/C74H60F6N2/c1-43-15-9-16-44(2)67(43)53-31-37-65(61(39-53)69-47(5)19-11-20-48(69)6)81(57-25-13-23-55(41-57)73(75,76)77)63-35-29-51-28-34-60-64(36-30-52-27-33-59(63)71(51)72(52)60)82(58-26-14-24-56(42-58)74(78,79)80)66-38-32-54(68-45(3)17-10-18-46(68)4)40-62(66)70-49(7)21-12-22-50(70)8/h9-42,63,72H,1-8H3. The summed E-state index contributed by atoms with van der Waals surface area (Å²) in [7, 11) is 0. The van der Waals surface area contributed by atoms with Crippen molar-refractivity contribution in [1.82, 2.24) is 0 Å². The second-order valence-electron chi connectivity index (χ2n) is 22.2. The van der Waals surface area contributed by atoms with Gasteiger partial charge >= 0.3 is 12.4 Å². The van der Waals surface area contributed by atoms with Gasteiger partial charge in [-0.15, -0.1) is 0 Å². The number of nitrogens with zero attached hydrogens (tertiary/aromatic N) is 2. The number of aryl methyl sites for hydroxylation is 8. The highest BCUT2D eigenvalue weighted by molar-refractivity contribution is 5.94. The van der Waals surface area contributed by atoms with Crippen LogP contribution in [0.3, 0.4) is 0 Å². The summed E-state index contributed by atoms with van der Waals surface area (Å²) in [6, 6.07) is 48.0. The summed E-state index contributed by atoms with van der Waals surface area (Å²) in [6.45, 7) is 16.7. The molecule has 0 fully saturated rings. The normalized spacial score (nSPS) is 16.3. The van der Waals surface area contributed by atoms with Crippen molar-refractivity contribution in [2.75, 3.05) is 9.80 Å². The molecule has 8 aromatic carbocycles. The Morgan fingerprint density at radius 3 is 1.37 bits per heavy atom. The Balaban J connectivity index is 1.07. The van der Waals surface area contributed by atoms with Crippen molar-refractivity contribution < 1.29 is 26.3 Å². The zero-order valence-corrected chi connectivity index (χ0v) is 46.9. The van der Waals surface area contributed by atoms with Crippen molar-refractivity contribution in [2.45, 2.75) is 73.8 Å². The Morgan fingerprint density at radius 2 is 0.854 bits per heavy atom. The Morgan fingerprint density at radius 1 is 0.402 bits per heavy atom. The Kier molecular flexibility index (Phi) is 13.5. The van der Waals surface area contributed by atoms with Gasteiger partial charge in [0.1, 0.15) is 0 Å². The van der Waals surface area contributed by atoms with Gasteiger partial charge in [0.05, 0.1) is 28.6 Å². The van der Waals surface area contributed by atoms with Crippen molar-refractivity contribution in [2.24, 2.45) is 5.92 Å². The first-order valence-corrected chi connectivity index (χ1v) is 27.7. The van der Waals surface area contributed by atoms with Gasteiger partial charge in [0, 0.05) is 34.1 Å². The Labute approximate surface area is 476 Å². The second-order valence-corrected chi connectivity index (χ2v) is 22.2. The van der Waals surface area contributed by atoms with Crippen LogP contribution in [0.1, 0.15) is 55.6 Å². The number of halogens is 6. The molecule has 2 atom stereocenters. The number of rotatable bonds is 10. The van der Waals surface area contributed by atoms with Crippen LogP contribution in [-0.4, -0.2) is 6.04 Å². The fourth-order valence-electron chi connectivity index (χ4n) is 13.2. The van der Waals surface area contributed by atoms with E-state index in [-0.39, 0.29) is 0 Å². The van der Waals surface area contributed by atoms with Gasteiger partial charge in [-0.2, -0.15) is 26.3 Å². The summed E-state index contributed by atoms with van der Waals surface area (Å²) in [5.74, 6) is -0.397. The highest BCUT2D eigenvalue weighted by atomic mass is 19.4. The maximum Gasteiger partial charge on any atom is 0.416 e. The molecule has 0 bridgehead atoms. The molecule has 0 radical (unpaired) electrons. The van der Waals surface area contributed by atoms with Gasteiger partial charge in [-0.05, 0) is 228 Å². The van der Waals surface area contributed by atoms with E-state index < -0.39 is 35.4 Å². The molecule has 2 nitrogen and oxygen atoms in total. The molecule has 0 saturated carbocycles. The molecular weight excluding hydrogens is 1030 g/mol. The highest BCUT2D eigenvalue weighted by Gasteiger charge is 2.42. The van der Waals surface area contributed by atoms with Gasteiger partial charge in [0.15, 0.2) is 0 Å². The largest absolute Gasteiger partial charge is 0.416 e. The number of anilines is 4. The van der Waals surface area contributed by atoms with Crippen LogP contribution in [0.4, 0.5) is 49.1 Å². The van der Waals surface area contributed by atoms with Crippen LogP contribution < -0.4 is 9.80 Å². The van der Waals surface area contributed by atoms with Gasteiger partial charge in [0.2, 0.25) is 0 Å². The molecule has 0 saturated heterocycles. The van der Waals surface area contributed by atoms with Crippen molar-refractivity contribution in [3.05, 3.63) is 296 Å². The fourth-order valence-corrected chi connectivity index (χ4v) is 13.2. The fraction of sp³-hybridized carbons (Fsp3) is 0.162. The minimum atomic E-state index is -4.63. The van der Waals surface area contributed by atoms with E-state index in [4.69, 9.17) is 0 Å². The van der Waals surface area contributed by atoms with Crippen molar-refractivity contribution in [1.29, 1.82) is 0 Å². The highest BCUT2D eigenvalue weighted by Crippen LogP contribution is 2.54. The van der Waals surface area contributed by atoms with Crippen molar-refractivity contribution in [3.8, 4) is 44.5 Å². The number of alkyl halides is 6. The summed E-state index contributed by atoms with van der Waals surface area (Å²) in [5, 5.41) is 0. The molecule has 8 aromatic rings. The first kappa shape index (κ1) is 53.7. The van der Waals surface area contributed by atoms with Crippen molar-refractivity contribution >= 4 is 22.7 Å². The van der Waals surface area contributed by atoms with Gasteiger partial charge in [0.25, 0.3) is 0 Å². The van der Waals surface area contributed by atoms with E-state index >= 15 is 0 Å². The summed E-state index contributed by atoms with van der Waals surface area (Å²) < 4.78 is 89.9. The molecule has 408 valence electrons. The third-order valence-corrected chi connectivity index (χ3v) is 16.9. The molecule has 2 unspecified atom stereocenters. The smallest absolute Gasteiger partial charge is 0.330 e. The summed E-state index contributed by atoms with van der Waals surface area (Å²) in [4.78, 5) is 4.04. The van der Waals surface area contributed by atoms with E-state index in [1.165, 1.54) is 24.3 Å². The second kappa shape index (κ2) is 20.6.